The van der Waals surface area contributed by atoms with E-state index in [-0.39, 0.29) is 11.6 Å². The van der Waals surface area contributed by atoms with Crippen molar-refractivity contribution in [3.8, 4) is 0 Å². The quantitative estimate of drug-likeness (QED) is 0.759. The molecule has 0 radical (unpaired) electrons. The van der Waals surface area contributed by atoms with Crippen LogP contribution in [0, 0.1) is 11.6 Å². The Morgan fingerprint density at radius 1 is 1.39 bits per heavy atom. The van der Waals surface area contributed by atoms with E-state index in [1.165, 1.54) is 0 Å². The molecule has 2 nitrogen and oxygen atoms in total. The Morgan fingerprint density at radius 3 is 2.61 bits per heavy atom. The Balaban J connectivity index is 2.98. The molecule has 0 aliphatic carbocycles. The molecule has 0 bridgehead atoms. The average molecular weight is 320 g/mol. The summed E-state index contributed by atoms with van der Waals surface area (Å²) >= 11 is 3.29. The zero-order valence-corrected chi connectivity index (χ0v) is 12.0. The molecule has 18 heavy (non-hydrogen) atoms. The maximum Gasteiger partial charge on any atom is 0.257 e. The SMILES string of the molecule is CC(C)N(CCCBr)C(=O)c1cc(F)ccc1F. The van der Waals surface area contributed by atoms with Crippen molar-refractivity contribution >= 4 is 21.8 Å². The lowest BCUT2D eigenvalue weighted by Gasteiger charge is -2.26. The number of halogens is 3. The van der Waals surface area contributed by atoms with Gasteiger partial charge in [-0.25, -0.2) is 8.78 Å². The summed E-state index contributed by atoms with van der Waals surface area (Å²) in [7, 11) is 0. The fourth-order valence-electron chi connectivity index (χ4n) is 1.64. The van der Waals surface area contributed by atoms with Crippen molar-refractivity contribution in [2.45, 2.75) is 26.3 Å². The molecule has 5 heteroatoms. The van der Waals surface area contributed by atoms with Crippen LogP contribution in [0.4, 0.5) is 8.78 Å². The Bertz CT molecular complexity index is 423. The van der Waals surface area contributed by atoms with Gasteiger partial charge in [0.2, 0.25) is 0 Å². The first kappa shape index (κ1) is 15.1. The summed E-state index contributed by atoms with van der Waals surface area (Å²) in [4.78, 5) is 13.7. The molecule has 0 aliphatic heterocycles. The highest BCUT2D eigenvalue weighted by molar-refractivity contribution is 9.09. The highest BCUT2D eigenvalue weighted by Crippen LogP contribution is 2.15. The molecule has 0 heterocycles. The highest BCUT2D eigenvalue weighted by atomic mass is 79.9. The monoisotopic (exact) mass is 319 g/mol. The number of alkyl halides is 1. The van der Waals surface area contributed by atoms with Crippen molar-refractivity contribution < 1.29 is 13.6 Å². The fourth-order valence-corrected chi connectivity index (χ4v) is 1.89. The summed E-state index contributed by atoms with van der Waals surface area (Å²) in [6, 6.07) is 2.87. The van der Waals surface area contributed by atoms with Gasteiger partial charge in [-0.15, -0.1) is 0 Å². The molecule has 0 saturated carbocycles. The van der Waals surface area contributed by atoms with E-state index in [0.717, 1.165) is 30.0 Å². The second-order valence-corrected chi connectivity index (χ2v) is 5.05. The van der Waals surface area contributed by atoms with Gasteiger partial charge in [-0.05, 0) is 38.5 Å². The third kappa shape index (κ3) is 3.77. The zero-order valence-electron chi connectivity index (χ0n) is 10.4. The van der Waals surface area contributed by atoms with Crippen LogP contribution in [0.5, 0.6) is 0 Å². The lowest BCUT2D eigenvalue weighted by atomic mass is 10.1. The second-order valence-electron chi connectivity index (χ2n) is 4.26. The summed E-state index contributed by atoms with van der Waals surface area (Å²) in [6.07, 6.45) is 0.765. The summed E-state index contributed by atoms with van der Waals surface area (Å²) in [5.74, 6) is -1.77. The molecule has 0 spiro atoms. The normalized spacial score (nSPS) is 10.8. The molecule has 0 aliphatic rings. The largest absolute Gasteiger partial charge is 0.336 e. The molecule has 1 aromatic carbocycles. The van der Waals surface area contributed by atoms with Gasteiger partial charge < -0.3 is 4.90 Å². The lowest BCUT2D eigenvalue weighted by Crippen LogP contribution is -2.38. The van der Waals surface area contributed by atoms with E-state index in [4.69, 9.17) is 0 Å². The number of carbonyl (C=O) groups excluding carboxylic acids is 1. The van der Waals surface area contributed by atoms with Crippen molar-refractivity contribution in [3.63, 3.8) is 0 Å². The van der Waals surface area contributed by atoms with Crippen LogP contribution in [0.15, 0.2) is 18.2 Å². The molecule has 1 aromatic rings. The third-order valence-corrected chi connectivity index (χ3v) is 3.14. The topological polar surface area (TPSA) is 20.3 Å². The standard InChI is InChI=1S/C13H16BrF2NO/c1-9(2)17(7-3-6-14)13(18)11-8-10(15)4-5-12(11)16/h4-5,8-9H,3,6-7H2,1-2H3. The number of nitrogens with zero attached hydrogens (tertiary/aromatic N) is 1. The van der Waals surface area contributed by atoms with Gasteiger partial charge in [0.1, 0.15) is 11.6 Å². The average Bonchev–Trinajstić information content (AvgIpc) is 2.32. The lowest BCUT2D eigenvalue weighted by molar-refractivity contribution is 0.0701. The summed E-state index contributed by atoms with van der Waals surface area (Å²) < 4.78 is 26.6. The fraction of sp³-hybridized carbons (Fsp3) is 0.462. The van der Waals surface area contributed by atoms with Crippen molar-refractivity contribution in [3.05, 3.63) is 35.4 Å². The Morgan fingerprint density at radius 2 is 2.06 bits per heavy atom. The van der Waals surface area contributed by atoms with Crippen molar-refractivity contribution in [1.29, 1.82) is 0 Å². The number of carbonyl (C=O) groups is 1. The van der Waals surface area contributed by atoms with Gasteiger partial charge >= 0.3 is 0 Å². The van der Waals surface area contributed by atoms with Crippen molar-refractivity contribution in [1.82, 2.24) is 4.90 Å². The predicted octanol–water partition coefficient (Wildman–Crippen LogP) is 3.60. The smallest absolute Gasteiger partial charge is 0.257 e. The molecule has 1 amide bonds. The van der Waals surface area contributed by atoms with Gasteiger partial charge in [0.15, 0.2) is 0 Å². The molecular formula is C13H16BrF2NO. The number of hydrogen-bond acceptors (Lipinski definition) is 1. The van der Waals surface area contributed by atoms with Crippen molar-refractivity contribution in [2.24, 2.45) is 0 Å². The van der Waals surface area contributed by atoms with Gasteiger partial charge in [-0.1, -0.05) is 15.9 Å². The predicted molar refractivity (Wildman–Crippen MR) is 70.9 cm³/mol. The third-order valence-electron chi connectivity index (χ3n) is 2.58. The van der Waals surface area contributed by atoms with Crippen LogP contribution in [0.1, 0.15) is 30.6 Å². The van der Waals surface area contributed by atoms with Crippen LogP contribution in [-0.4, -0.2) is 28.7 Å². The highest BCUT2D eigenvalue weighted by Gasteiger charge is 2.21. The minimum atomic E-state index is -0.689. The van der Waals surface area contributed by atoms with E-state index >= 15 is 0 Å². The van der Waals surface area contributed by atoms with Gasteiger partial charge in [-0.3, -0.25) is 4.79 Å². The van der Waals surface area contributed by atoms with Crippen LogP contribution < -0.4 is 0 Å². The summed E-state index contributed by atoms with van der Waals surface area (Å²) in [5, 5.41) is 0.759. The van der Waals surface area contributed by atoms with Crippen LogP contribution in [0.3, 0.4) is 0 Å². The van der Waals surface area contributed by atoms with Gasteiger partial charge in [0, 0.05) is 17.9 Å². The molecule has 0 aromatic heterocycles. The summed E-state index contributed by atoms with van der Waals surface area (Å²) in [5.41, 5.74) is -0.210. The molecule has 0 fully saturated rings. The summed E-state index contributed by atoms with van der Waals surface area (Å²) in [6.45, 7) is 4.21. The van der Waals surface area contributed by atoms with E-state index < -0.39 is 17.5 Å². The minimum absolute atomic E-state index is 0.0563. The van der Waals surface area contributed by atoms with Crippen LogP contribution in [0.2, 0.25) is 0 Å². The molecular weight excluding hydrogens is 304 g/mol. The van der Waals surface area contributed by atoms with Gasteiger partial charge in [0.05, 0.1) is 5.56 Å². The molecule has 0 N–H and O–H groups in total. The minimum Gasteiger partial charge on any atom is -0.336 e. The van der Waals surface area contributed by atoms with Crippen molar-refractivity contribution in [2.75, 3.05) is 11.9 Å². The van der Waals surface area contributed by atoms with Crippen LogP contribution in [-0.2, 0) is 0 Å². The van der Waals surface area contributed by atoms with Gasteiger partial charge in [-0.2, -0.15) is 0 Å². The number of benzene rings is 1. The number of hydrogen-bond donors (Lipinski definition) is 0. The van der Waals surface area contributed by atoms with E-state index in [0.29, 0.717) is 6.54 Å². The number of amides is 1. The molecule has 1 rings (SSSR count). The van der Waals surface area contributed by atoms with E-state index in [9.17, 15) is 13.6 Å². The van der Waals surface area contributed by atoms with Crippen LogP contribution >= 0.6 is 15.9 Å². The molecule has 0 unspecified atom stereocenters. The van der Waals surface area contributed by atoms with Crippen LogP contribution in [0.25, 0.3) is 0 Å². The van der Waals surface area contributed by atoms with E-state index in [2.05, 4.69) is 15.9 Å². The van der Waals surface area contributed by atoms with Gasteiger partial charge in [0.25, 0.3) is 5.91 Å². The zero-order chi connectivity index (χ0) is 13.7. The maximum atomic E-state index is 13.5. The maximum absolute atomic E-state index is 13.5. The number of rotatable bonds is 5. The first-order chi connectivity index (χ1) is 8.47. The molecule has 100 valence electrons. The van der Waals surface area contributed by atoms with E-state index in [1.807, 2.05) is 13.8 Å². The first-order valence-corrected chi connectivity index (χ1v) is 6.91. The second kappa shape index (κ2) is 6.83. The Kier molecular flexibility index (Phi) is 5.72. The first-order valence-electron chi connectivity index (χ1n) is 5.79. The Labute approximate surface area is 114 Å². The molecule has 0 atom stereocenters. The van der Waals surface area contributed by atoms with E-state index in [1.54, 1.807) is 4.90 Å². The molecule has 0 saturated heterocycles. The Hall–Kier alpha value is -0.970.